The van der Waals surface area contributed by atoms with Crippen LogP contribution in [0.3, 0.4) is 0 Å². The Bertz CT molecular complexity index is 127. The lowest BCUT2D eigenvalue weighted by Gasteiger charge is -2.01. The van der Waals surface area contributed by atoms with Crippen molar-refractivity contribution in [3.63, 3.8) is 0 Å². The Kier molecular flexibility index (Phi) is 28.9. The first-order chi connectivity index (χ1) is 9.52. The van der Waals surface area contributed by atoms with Gasteiger partial charge in [0.2, 0.25) is 0 Å². The van der Waals surface area contributed by atoms with Crippen molar-refractivity contribution in [1.82, 2.24) is 9.80 Å². The van der Waals surface area contributed by atoms with Crippen molar-refractivity contribution in [2.45, 2.75) is 62.7 Å². The second kappa shape index (κ2) is 22.3. The van der Waals surface area contributed by atoms with Gasteiger partial charge >= 0.3 is 0 Å². The molecule has 0 saturated carbocycles. The van der Waals surface area contributed by atoms with E-state index in [1.54, 1.807) is 0 Å². The van der Waals surface area contributed by atoms with Crippen LogP contribution in [0.1, 0.15) is 39.5 Å². The topological polar surface area (TPSA) is 6.48 Å². The molecule has 2 aliphatic rings. The molecule has 0 amide bonds. The summed E-state index contributed by atoms with van der Waals surface area (Å²) in [5.74, 6) is 8.83. The standard InChI is InChI=1S/2C5H11N.C2H6.4CH3.2Al/c2*1-6-4-2-3-5-6;1-2;;;;;;/h2*2-5H2,1H3;1-2H3;4*1H3;;. The molecular weight excluding hydrogens is 274 g/mol. The van der Waals surface area contributed by atoms with Crippen LogP contribution in [0.5, 0.6) is 0 Å². The SMILES string of the molecule is CC.CN1CCCC1.CN1CCCC1.[CH3][Al].[CH3][Al]([CH3])[CH3]. The summed E-state index contributed by atoms with van der Waals surface area (Å²) in [5, 5.41) is 0. The summed E-state index contributed by atoms with van der Waals surface area (Å²) in [6.45, 7) is 9.28. The van der Waals surface area contributed by atoms with Gasteiger partial charge in [0, 0.05) is 0 Å². The number of rotatable bonds is 0. The van der Waals surface area contributed by atoms with Gasteiger partial charge < -0.3 is 9.80 Å². The minimum absolute atomic E-state index is 0.139. The lowest BCUT2D eigenvalue weighted by Crippen LogP contribution is -2.10. The Labute approximate surface area is 143 Å². The third-order valence-corrected chi connectivity index (χ3v) is 2.66. The molecular formula is C16H40Al2N2. The fourth-order valence-electron chi connectivity index (χ4n) is 1.75. The van der Waals surface area contributed by atoms with Crippen molar-refractivity contribution in [3.8, 4) is 0 Å². The van der Waals surface area contributed by atoms with Crippen LogP contribution in [0.15, 0.2) is 0 Å². The molecule has 2 radical (unpaired) electrons. The van der Waals surface area contributed by atoms with Gasteiger partial charge in [-0.2, -0.15) is 0 Å². The van der Waals surface area contributed by atoms with Crippen molar-refractivity contribution >= 4 is 30.4 Å². The highest BCUT2D eigenvalue weighted by Crippen LogP contribution is 2.02. The van der Waals surface area contributed by atoms with Gasteiger partial charge in [-0.25, -0.2) is 0 Å². The van der Waals surface area contributed by atoms with Gasteiger partial charge in [0.1, 0.15) is 16.3 Å². The van der Waals surface area contributed by atoms with Crippen molar-refractivity contribution in [1.29, 1.82) is 0 Å². The molecule has 20 heavy (non-hydrogen) atoms. The molecule has 2 fully saturated rings. The predicted molar refractivity (Wildman–Crippen MR) is 99.8 cm³/mol. The van der Waals surface area contributed by atoms with E-state index in [1.807, 2.05) is 19.6 Å². The normalized spacial score (nSPS) is 17.2. The third-order valence-electron chi connectivity index (χ3n) is 2.66. The smallest absolute Gasteiger partial charge is 0.251 e. The summed E-state index contributed by atoms with van der Waals surface area (Å²) in [5.41, 5.74) is 0. The molecule has 2 nitrogen and oxygen atoms in total. The maximum atomic E-state index is 2.42. The molecule has 0 aromatic heterocycles. The number of nitrogens with zero attached hydrogens (tertiary/aromatic N) is 2. The minimum atomic E-state index is -0.139. The molecule has 0 spiro atoms. The first kappa shape index (κ1) is 25.9. The van der Waals surface area contributed by atoms with Crippen molar-refractivity contribution in [2.24, 2.45) is 0 Å². The third kappa shape index (κ3) is 27.3. The monoisotopic (exact) mass is 314 g/mol. The van der Waals surface area contributed by atoms with Gasteiger partial charge in [0.05, 0.1) is 0 Å². The molecule has 0 atom stereocenters. The van der Waals surface area contributed by atoms with Crippen LogP contribution in [-0.2, 0) is 0 Å². The van der Waals surface area contributed by atoms with Gasteiger partial charge in [-0.15, -0.1) is 23.1 Å². The van der Waals surface area contributed by atoms with Crippen molar-refractivity contribution in [3.05, 3.63) is 0 Å². The van der Waals surface area contributed by atoms with E-state index in [-0.39, 0.29) is 14.1 Å². The fraction of sp³-hybridized carbons (Fsp3) is 1.00. The van der Waals surface area contributed by atoms with E-state index in [0.29, 0.717) is 0 Å². The maximum absolute atomic E-state index is 2.42. The van der Waals surface area contributed by atoms with Gasteiger partial charge in [-0.1, -0.05) is 13.8 Å². The maximum Gasteiger partial charge on any atom is 0.251 e. The first-order valence-corrected chi connectivity index (χ1v) is 13.1. The van der Waals surface area contributed by atoms with E-state index < -0.39 is 0 Å². The number of hydrogen-bond donors (Lipinski definition) is 0. The van der Waals surface area contributed by atoms with Gasteiger partial charge in [-0.3, -0.25) is 0 Å². The van der Waals surface area contributed by atoms with E-state index >= 15 is 0 Å². The van der Waals surface area contributed by atoms with Gasteiger partial charge in [0.25, 0.3) is 14.1 Å². The molecule has 4 heteroatoms. The lowest BCUT2D eigenvalue weighted by molar-refractivity contribution is 0.418. The minimum Gasteiger partial charge on any atom is -0.306 e. The zero-order valence-corrected chi connectivity index (χ0v) is 18.0. The highest BCUT2D eigenvalue weighted by molar-refractivity contribution is 6.54. The molecule has 0 aromatic rings. The van der Waals surface area contributed by atoms with Gasteiger partial charge in [0.15, 0.2) is 0 Å². The Morgan fingerprint density at radius 3 is 0.850 bits per heavy atom. The van der Waals surface area contributed by atoms with Crippen molar-refractivity contribution in [2.75, 3.05) is 40.3 Å². The molecule has 120 valence electrons. The average molecular weight is 314 g/mol. The average Bonchev–Trinajstić information content (AvgIpc) is 3.08. The van der Waals surface area contributed by atoms with E-state index in [9.17, 15) is 0 Å². The Balaban J connectivity index is -0.000000196. The van der Waals surface area contributed by atoms with E-state index in [0.717, 1.165) is 0 Å². The molecule has 2 saturated heterocycles. The molecule has 2 aliphatic heterocycles. The van der Waals surface area contributed by atoms with E-state index in [2.05, 4.69) is 57.5 Å². The van der Waals surface area contributed by atoms with Crippen LogP contribution < -0.4 is 0 Å². The molecule has 0 bridgehead atoms. The summed E-state index contributed by atoms with van der Waals surface area (Å²) in [4.78, 5) is 4.72. The summed E-state index contributed by atoms with van der Waals surface area (Å²) in [7, 11) is 4.35. The second-order valence-electron chi connectivity index (χ2n) is 5.75. The highest BCUT2D eigenvalue weighted by Gasteiger charge is 2.03. The summed E-state index contributed by atoms with van der Waals surface area (Å²) >= 11 is 2.28. The second-order valence-corrected chi connectivity index (χ2v) is 9.22. The van der Waals surface area contributed by atoms with E-state index in [4.69, 9.17) is 0 Å². The van der Waals surface area contributed by atoms with Crippen molar-refractivity contribution < 1.29 is 0 Å². The van der Waals surface area contributed by atoms with E-state index in [1.165, 1.54) is 51.9 Å². The summed E-state index contributed by atoms with van der Waals surface area (Å²) in [6, 6.07) is 0. The number of hydrogen-bond acceptors (Lipinski definition) is 2. The highest BCUT2D eigenvalue weighted by atomic mass is 27.2. The first-order valence-electron chi connectivity index (χ1n) is 8.47. The molecule has 2 rings (SSSR count). The van der Waals surface area contributed by atoms with Crippen LogP contribution in [0.2, 0.25) is 23.1 Å². The quantitative estimate of drug-likeness (QED) is 0.623. The van der Waals surface area contributed by atoms with Crippen LogP contribution in [0.4, 0.5) is 0 Å². The molecule has 0 aliphatic carbocycles. The Morgan fingerprint density at radius 1 is 0.650 bits per heavy atom. The van der Waals surface area contributed by atoms with Crippen LogP contribution in [-0.4, -0.2) is 80.5 Å². The summed E-state index contributed by atoms with van der Waals surface area (Å²) in [6.07, 6.45) is 5.65. The molecule has 0 aromatic carbocycles. The predicted octanol–water partition coefficient (Wildman–Crippen LogP) is 4.02. The Morgan fingerprint density at radius 2 is 0.800 bits per heavy atom. The number of likely N-dealkylation sites (tertiary alicyclic amines) is 2. The zero-order valence-electron chi connectivity index (χ0n) is 15.7. The molecule has 0 unspecified atom stereocenters. The van der Waals surface area contributed by atoms with Crippen LogP contribution in [0, 0.1) is 0 Å². The molecule has 2 heterocycles. The zero-order chi connectivity index (χ0) is 16.4. The van der Waals surface area contributed by atoms with Crippen LogP contribution >= 0.6 is 0 Å². The largest absolute Gasteiger partial charge is 0.306 e. The lowest BCUT2D eigenvalue weighted by atomic mass is 10.4. The Hall–Kier alpha value is 0.985. The summed E-state index contributed by atoms with van der Waals surface area (Å²) < 4.78 is 0. The van der Waals surface area contributed by atoms with Gasteiger partial charge in [-0.05, 0) is 66.0 Å². The molecule has 0 N–H and O–H groups in total. The fourth-order valence-corrected chi connectivity index (χ4v) is 1.75. The van der Waals surface area contributed by atoms with Crippen LogP contribution in [0.25, 0.3) is 0 Å².